The second kappa shape index (κ2) is 3.19. The molecule has 0 saturated heterocycles. The molecule has 0 heterocycles. The lowest BCUT2D eigenvalue weighted by Gasteiger charge is -2.15. The summed E-state index contributed by atoms with van der Waals surface area (Å²) in [7, 11) is -1.19. The first kappa shape index (κ1) is 9.74. The zero-order valence-electron chi connectivity index (χ0n) is 8.52. The van der Waals surface area contributed by atoms with E-state index < -0.39 is 9.04 Å². The van der Waals surface area contributed by atoms with Gasteiger partial charge in [-0.05, 0) is 45.4 Å². The van der Waals surface area contributed by atoms with Gasteiger partial charge in [-0.15, -0.1) is 0 Å². The van der Waals surface area contributed by atoms with Crippen LogP contribution >= 0.6 is 0 Å². The Bertz CT molecular complexity index is 237. The zero-order chi connectivity index (χ0) is 9.46. The van der Waals surface area contributed by atoms with Crippen molar-refractivity contribution in [2.75, 3.05) is 0 Å². The summed E-state index contributed by atoms with van der Waals surface area (Å²) >= 11 is 0. The Kier molecular flexibility index (Phi) is 2.59. The molecule has 0 aromatic heterocycles. The standard InChI is InChI=1S/C10H17OSi/c1-6-7(2)9(4)10(8(6)3)12(5)11/h10-11H,1-5H3. The Morgan fingerprint density at radius 1 is 1.00 bits per heavy atom. The van der Waals surface area contributed by atoms with Gasteiger partial charge in [-0.1, -0.05) is 11.1 Å². The third-order valence-corrected chi connectivity index (χ3v) is 4.73. The predicted molar refractivity (Wildman–Crippen MR) is 54.3 cm³/mol. The maximum absolute atomic E-state index is 9.66. The average Bonchev–Trinajstić information content (AvgIpc) is 2.16. The Balaban J connectivity index is 3.08. The number of rotatable bonds is 1. The number of hydrogen-bond acceptors (Lipinski definition) is 1. The Hall–Kier alpha value is -0.343. The van der Waals surface area contributed by atoms with E-state index >= 15 is 0 Å². The Morgan fingerprint density at radius 3 is 1.50 bits per heavy atom. The van der Waals surface area contributed by atoms with E-state index in [2.05, 4.69) is 27.7 Å². The van der Waals surface area contributed by atoms with Gasteiger partial charge in [0.1, 0.15) is 0 Å². The van der Waals surface area contributed by atoms with Crippen LogP contribution in [0.3, 0.4) is 0 Å². The minimum absolute atomic E-state index is 0.370. The van der Waals surface area contributed by atoms with Gasteiger partial charge in [0.05, 0.1) is 0 Å². The smallest absolute Gasteiger partial charge is 0.215 e. The van der Waals surface area contributed by atoms with Crippen LogP contribution in [0.5, 0.6) is 0 Å². The van der Waals surface area contributed by atoms with Crippen LogP contribution in [0.4, 0.5) is 0 Å². The molecule has 0 unspecified atom stereocenters. The fourth-order valence-electron chi connectivity index (χ4n) is 1.98. The SMILES string of the molecule is CC1=C(C)C([Si](C)O)C(C)=C1C. The first-order valence-corrected chi connectivity index (χ1v) is 6.36. The third kappa shape index (κ3) is 1.29. The summed E-state index contributed by atoms with van der Waals surface area (Å²) in [6.07, 6.45) is 0. The number of allylic oxidation sites excluding steroid dienone is 4. The van der Waals surface area contributed by atoms with Crippen molar-refractivity contribution in [2.45, 2.75) is 39.8 Å². The monoisotopic (exact) mass is 181 g/mol. The minimum atomic E-state index is -1.19. The second-order valence-electron chi connectivity index (χ2n) is 3.69. The van der Waals surface area contributed by atoms with Gasteiger partial charge in [-0.2, -0.15) is 0 Å². The molecule has 67 valence electrons. The quantitative estimate of drug-likeness (QED) is 0.617. The normalized spacial score (nSPS) is 20.2. The van der Waals surface area contributed by atoms with Gasteiger partial charge in [0.15, 0.2) is 0 Å². The lowest BCUT2D eigenvalue weighted by Crippen LogP contribution is -2.16. The van der Waals surface area contributed by atoms with E-state index in [0.717, 1.165) is 0 Å². The van der Waals surface area contributed by atoms with Crippen molar-refractivity contribution in [1.82, 2.24) is 0 Å². The molecule has 1 aliphatic rings. The summed E-state index contributed by atoms with van der Waals surface area (Å²) in [6, 6.07) is 0. The van der Waals surface area contributed by atoms with Crippen LogP contribution in [0.15, 0.2) is 22.3 Å². The van der Waals surface area contributed by atoms with E-state index in [1.54, 1.807) is 0 Å². The Morgan fingerprint density at radius 2 is 1.33 bits per heavy atom. The topological polar surface area (TPSA) is 20.2 Å². The van der Waals surface area contributed by atoms with Crippen LogP contribution in [-0.4, -0.2) is 13.8 Å². The molecule has 1 radical (unpaired) electrons. The van der Waals surface area contributed by atoms with E-state index in [4.69, 9.17) is 0 Å². The van der Waals surface area contributed by atoms with Gasteiger partial charge < -0.3 is 4.80 Å². The fourth-order valence-corrected chi connectivity index (χ4v) is 3.66. The molecule has 0 amide bonds. The first-order chi connectivity index (χ1) is 5.46. The van der Waals surface area contributed by atoms with Crippen LogP contribution < -0.4 is 0 Å². The van der Waals surface area contributed by atoms with Gasteiger partial charge in [0.2, 0.25) is 9.04 Å². The molecule has 0 bridgehead atoms. The summed E-state index contributed by atoms with van der Waals surface area (Å²) in [5, 5.41) is 0. The summed E-state index contributed by atoms with van der Waals surface area (Å²) in [5.41, 5.74) is 5.90. The number of hydrogen-bond donors (Lipinski definition) is 1. The molecular formula is C10H17OSi. The van der Waals surface area contributed by atoms with Crippen LogP contribution in [0, 0.1) is 0 Å². The molecule has 0 spiro atoms. The molecule has 0 saturated carbocycles. The highest BCUT2D eigenvalue weighted by Gasteiger charge is 2.29. The highest BCUT2D eigenvalue weighted by atomic mass is 28.3. The predicted octanol–water partition coefficient (Wildman–Crippen LogP) is 2.66. The second-order valence-corrected chi connectivity index (χ2v) is 5.55. The van der Waals surface area contributed by atoms with Crippen molar-refractivity contribution in [1.29, 1.82) is 0 Å². The maximum Gasteiger partial charge on any atom is 0.215 e. The minimum Gasteiger partial charge on any atom is -0.431 e. The average molecular weight is 181 g/mol. The van der Waals surface area contributed by atoms with E-state index in [0.29, 0.717) is 5.54 Å². The van der Waals surface area contributed by atoms with Crippen molar-refractivity contribution >= 4 is 9.04 Å². The zero-order valence-corrected chi connectivity index (χ0v) is 9.52. The van der Waals surface area contributed by atoms with Crippen molar-refractivity contribution < 1.29 is 4.80 Å². The summed E-state index contributed by atoms with van der Waals surface area (Å²) in [5.74, 6) is 0. The van der Waals surface area contributed by atoms with Gasteiger partial charge >= 0.3 is 0 Å². The molecule has 0 aliphatic heterocycles. The molecule has 0 fully saturated rings. The van der Waals surface area contributed by atoms with E-state index in [-0.39, 0.29) is 0 Å². The molecule has 0 aromatic carbocycles. The largest absolute Gasteiger partial charge is 0.431 e. The summed E-state index contributed by atoms with van der Waals surface area (Å²) in [6.45, 7) is 10.6. The summed E-state index contributed by atoms with van der Waals surface area (Å²) < 4.78 is 0. The van der Waals surface area contributed by atoms with Crippen molar-refractivity contribution in [3.8, 4) is 0 Å². The van der Waals surface area contributed by atoms with E-state index in [1.165, 1.54) is 22.3 Å². The lowest BCUT2D eigenvalue weighted by molar-refractivity contribution is 0.569. The molecular weight excluding hydrogens is 164 g/mol. The van der Waals surface area contributed by atoms with Crippen LogP contribution in [0.2, 0.25) is 12.1 Å². The molecule has 0 aromatic rings. The maximum atomic E-state index is 9.66. The molecule has 1 rings (SSSR count). The highest BCUT2D eigenvalue weighted by molar-refractivity contribution is 6.52. The van der Waals surface area contributed by atoms with Crippen molar-refractivity contribution in [3.05, 3.63) is 22.3 Å². The van der Waals surface area contributed by atoms with E-state index in [9.17, 15) is 4.80 Å². The molecule has 1 nitrogen and oxygen atoms in total. The highest BCUT2D eigenvalue weighted by Crippen LogP contribution is 2.41. The van der Waals surface area contributed by atoms with Crippen LogP contribution in [-0.2, 0) is 0 Å². The molecule has 0 atom stereocenters. The summed E-state index contributed by atoms with van der Waals surface area (Å²) in [4.78, 5) is 9.66. The van der Waals surface area contributed by atoms with Gasteiger partial charge in [0.25, 0.3) is 0 Å². The molecule has 12 heavy (non-hydrogen) atoms. The van der Waals surface area contributed by atoms with Gasteiger partial charge in [-0.3, -0.25) is 0 Å². The van der Waals surface area contributed by atoms with Gasteiger partial charge in [0, 0.05) is 5.54 Å². The fraction of sp³-hybridized carbons (Fsp3) is 0.600. The van der Waals surface area contributed by atoms with Crippen molar-refractivity contribution in [3.63, 3.8) is 0 Å². The molecule has 1 N–H and O–H groups in total. The molecule has 1 aliphatic carbocycles. The van der Waals surface area contributed by atoms with Crippen molar-refractivity contribution in [2.24, 2.45) is 0 Å². The van der Waals surface area contributed by atoms with Crippen LogP contribution in [0.25, 0.3) is 0 Å². The van der Waals surface area contributed by atoms with Crippen LogP contribution in [0.1, 0.15) is 27.7 Å². The molecule has 2 heteroatoms. The lowest BCUT2D eigenvalue weighted by atomic mass is 10.1. The third-order valence-electron chi connectivity index (χ3n) is 3.03. The van der Waals surface area contributed by atoms with E-state index in [1.807, 2.05) is 6.55 Å². The first-order valence-electron chi connectivity index (χ1n) is 4.34. The Labute approximate surface area is 76.5 Å². The van der Waals surface area contributed by atoms with Gasteiger partial charge in [-0.25, -0.2) is 0 Å².